The molecule has 0 aromatic carbocycles. The second-order valence-corrected chi connectivity index (χ2v) is 6.09. The maximum atomic E-state index is 7.29. The van der Waals surface area contributed by atoms with Crippen molar-refractivity contribution in [1.82, 2.24) is 19.7 Å². The van der Waals surface area contributed by atoms with Gasteiger partial charge < -0.3 is 15.1 Å². The number of hydrogen-bond acceptors (Lipinski definition) is 5. The van der Waals surface area contributed by atoms with Crippen LogP contribution in [0.1, 0.15) is 26.7 Å². The molecule has 120 valence electrons. The molecule has 1 fully saturated rings. The third-order valence-electron chi connectivity index (χ3n) is 4.48. The molecule has 1 aliphatic heterocycles. The van der Waals surface area contributed by atoms with Crippen molar-refractivity contribution in [2.45, 2.75) is 32.7 Å². The van der Waals surface area contributed by atoms with Crippen molar-refractivity contribution in [3.05, 3.63) is 30.0 Å². The van der Waals surface area contributed by atoms with Crippen LogP contribution in [0.5, 0.6) is 0 Å². The fourth-order valence-corrected chi connectivity index (χ4v) is 2.96. The minimum Gasteiger partial charge on any atom is -0.358 e. The van der Waals surface area contributed by atoms with Crippen molar-refractivity contribution in [3.8, 4) is 0 Å². The lowest BCUT2D eigenvalue weighted by molar-refractivity contribution is 0.361. The average Bonchev–Trinajstić information content (AvgIpc) is 2.95. The first-order valence-corrected chi connectivity index (χ1v) is 7.85. The highest BCUT2D eigenvalue weighted by atomic mass is 15.3. The summed E-state index contributed by atoms with van der Waals surface area (Å²) in [5.41, 5.74) is 0.795. The molecule has 3 heterocycles. The molecule has 1 saturated heterocycles. The molecular weight excluding hydrogens is 290 g/mol. The van der Waals surface area contributed by atoms with Crippen molar-refractivity contribution < 1.29 is 0 Å². The maximum absolute atomic E-state index is 7.29. The number of anilines is 3. The van der Waals surface area contributed by atoms with Crippen LogP contribution < -0.4 is 10.2 Å². The Hall–Kier alpha value is -2.62. The Bertz CT molecular complexity index is 730. The van der Waals surface area contributed by atoms with E-state index in [4.69, 9.17) is 6.57 Å². The van der Waals surface area contributed by atoms with Crippen molar-refractivity contribution in [2.75, 3.05) is 16.8 Å². The van der Waals surface area contributed by atoms with Gasteiger partial charge in [0.15, 0.2) is 17.8 Å². The van der Waals surface area contributed by atoms with Crippen LogP contribution in [0.3, 0.4) is 0 Å². The molecule has 0 unspecified atom stereocenters. The van der Waals surface area contributed by atoms with Gasteiger partial charge in [0.2, 0.25) is 0 Å². The molecule has 0 spiro atoms. The van der Waals surface area contributed by atoms with Gasteiger partial charge in [0.05, 0.1) is 11.9 Å². The number of nitrogens with one attached hydrogen (secondary N) is 1. The Kier molecular flexibility index (Phi) is 4.15. The van der Waals surface area contributed by atoms with Gasteiger partial charge in [0, 0.05) is 25.8 Å². The molecular formula is C16H21N7. The van der Waals surface area contributed by atoms with Gasteiger partial charge in [0.25, 0.3) is 0 Å². The molecule has 2 aromatic rings. The molecule has 23 heavy (non-hydrogen) atoms. The first-order chi connectivity index (χ1) is 11.1. The number of hydrogen-bond donors (Lipinski definition) is 1. The van der Waals surface area contributed by atoms with Gasteiger partial charge in [-0.15, -0.1) is 4.98 Å². The van der Waals surface area contributed by atoms with E-state index in [0.29, 0.717) is 17.8 Å². The van der Waals surface area contributed by atoms with Crippen LogP contribution in [0.4, 0.5) is 23.1 Å². The van der Waals surface area contributed by atoms with E-state index in [9.17, 15) is 0 Å². The Morgan fingerprint density at radius 2 is 2.17 bits per heavy atom. The van der Waals surface area contributed by atoms with Crippen molar-refractivity contribution >= 4 is 23.1 Å². The van der Waals surface area contributed by atoms with Gasteiger partial charge in [-0.2, -0.15) is 5.10 Å². The number of piperidine rings is 1. The van der Waals surface area contributed by atoms with Gasteiger partial charge in [-0.3, -0.25) is 4.68 Å². The fourth-order valence-electron chi connectivity index (χ4n) is 2.96. The quantitative estimate of drug-likeness (QED) is 0.882. The molecule has 2 aromatic heterocycles. The van der Waals surface area contributed by atoms with Gasteiger partial charge >= 0.3 is 5.82 Å². The normalized spacial score (nSPS) is 21.0. The largest absolute Gasteiger partial charge is 0.358 e. The lowest BCUT2D eigenvalue weighted by Crippen LogP contribution is -2.43. The number of aryl methyl sites for hydroxylation is 1. The van der Waals surface area contributed by atoms with E-state index < -0.39 is 0 Å². The van der Waals surface area contributed by atoms with Crippen molar-refractivity contribution in [1.29, 1.82) is 0 Å². The van der Waals surface area contributed by atoms with Gasteiger partial charge in [-0.1, -0.05) is 13.5 Å². The van der Waals surface area contributed by atoms with Crippen LogP contribution in [-0.4, -0.2) is 32.3 Å². The van der Waals surface area contributed by atoms with E-state index in [1.54, 1.807) is 17.1 Å². The predicted molar refractivity (Wildman–Crippen MR) is 90.0 cm³/mol. The molecule has 0 bridgehead atoms. The van der Waals surface area contributed by atoms with Crippen LogP contribution in [0, 0.1) is 12.5 Å². The third-order valence-corrected chi connectivity index (χ3v) is 4.48. The van der Waals surface area contributed by atoms with Gasteiger partial charge in [-0.05, 0) is 25.7 Å². The molecule has 1 aliphatic rings. The number of rotatable bonds is 3. The Morgan fingerprint density at radius 1 is 1.35 bits per heavy atom. The summed E-state index contributed by atoms with van der Waals surface area (Å²) in [7, 11) is 1.85. The summed E-state index contributed by atoms with van der Waals surface area (Å²) in [5, 5.41) is 7.27. The summed E-state index contributed by atoms with van der Waals surface area (Å²) >= 11 is 0. The summed E-state index contributed by atoms with van der Waals surface area (Å²) in [6.07, 6.45) is 7.65. The van der Waals surface area contributed by atoms with Crippen LogP contribution in [0.15, 0.2) is 18.6 Å². The molecule has 0 saturated carbocycles. The molecule has 3 rings (SSSR count). The molecule has 1 N–H and O–H groups in total. The predicted octanol–water partition coefficient (Wildman–Crippen LogP) is 3.13. The second-order valence-electron chi connectivity index (χ2n) is 6.09. The maximum Gasteiger partial charge on any atom is 0.312 e. The molecule has 0 aliphatic carbocycles. The summed E-state index contributed by atoms with van der Waals surface area (Å²) < 4.78 is 1.70. The highest BCUT2D eigenvalue weighted by Gasteiger charge is 2.27. The molecule has 7 heteroatoms. The van der Waals surface area contributed by atoms with E-state index in [1.807, 2.05) is 13.2 Å². The molecule has 0 radical (unpaired) electrons. The first kappa shape index (κ1) is 15.3. The lowest BCUT2D eigenvalue weighted by Gasteiger charge is -2.38. The highest BCUT2D eigenvalue weighted by molar-refractivity contribution is 5.69. The molecule has 2 atom stereocenters. The zero-order chi connectivity index (χ0) is 16.4. The van der Waals surface area contributed by atoms with Crippen LogP contribution in [0.2, 0.25) is 0 Å². The highest BCUT2D eigenvalue weighted by Crippen LogP contribution is 2.31. The molecule has 0 amide bonds. The number of aromatic nitrogens is 4. The fraction of sp³-hybridized carbons (Fsp3) is 0.500. The number of nitrogens with zero attached hydrogens (tertiary/aromatic N) is 6. The van der Waals surface area contributed by atoms with E-state index in [0.717, 1.165) is 24.5 Å². The zero-order valence-corrected chi connectivity index (χ0v) is 13.7. The topological polar surface area (TPSA) is 63.2 Å². The van der Waals surface area contributed by atoms with E-state index in [2.05, 4.69) is 44.0 Å². The monoisotopic (exact) mass is 311 g/mol. The zero-order valence-electron chi connectivity index (χ0n) is 13.7. The van der Waals surface area contributed by atoms with E-state index in [1.165, 1.54) is 6.42 Å². The Morgan fingerprint density at radius 3 is 2.87 bits per heavy atom. The van der Waals surface area contributed by atoms with Crippen molar-refractivity contribution in [2.24, 2.45) is 13.0 Å². The summed E-state index contributed by atoms with van der Waals surface area (Å²) in [6, 6.07) is 0.420. The summed E-state index contributed by atoms with van der Waals surface area (Å²) in [6.45, 7) is 12.8. The lowest BCUT2D eigenvalue weighted by atomic mass is 9.92. The van der Waals surface area contributed by atoms with Gasteiger partial charge in [0.1, 0.15) is 0 Å². The first-order valence-electron chi connectivity index (χ1n) is 7.85. The SMILES string of the molecule is [C-]#[N+]c1ncc(N2CCC[C@@H](C)[C@H]2C)nc1Nc1cnn(C)c1. The smallest absolute Gasteiger partial charge is 0.312 e. The van der Waals surface area contributed by atoms with Gasteiger partial charge in [-0.25, -0.2) is 4.98 Å². The third kappa shape index (κ3) is 3.11. The minimum atomic E-state index is 0.273. The Labute approximate surface area is 136 Å². The summed E-state index contributed by atoms with van der Waals surface area (Å²) in [5.74, 6) is 2.20. The average molecular weight is 311 g/mol. The Balaban J connectivity index is 1.91. The van der Waals surface area contributed by atoms with Crippen LogP contribution in [0.25, 0.3) is 4.85 Å². The summed E-state index contributed by atoms with van der Waals surface area (Å²) in [4.78, 5) is 14.7. The van der Waals surface area contributed by atoms with Crippen molar-refractivity contribution in [3.63, 3.8) is 0 Å². The van der Waals surface area contributed by atoms with E-state index in [-0.39, 0.29) is 5.82 Å². The van der Waals surface area contributed by atoms with Crippen LogP contribution in [-0.2, 0) is 7.05 Å². The van der Waals surface area contributed by atoms with E-state index >= 15 is 0 Å². The van der Waals surface area contributed by atoms with Crippen LogP contribution >= 0.6 is 0 Å². The standard InChI is InChI=1S/C16H21N7/c1-11-6-5-7-23(12(11)2)14-9-18-15(17-3)16(21-14)20-13-8-19-22(4)10-13/h8-12H,5-7H2,1-2,4H3,(H,20,21)/t11-,12-/m1/s1. The molecule has 7 nitrogen and oxygen atoms in total. The second kappa shape index (κ2) is 6.24. The minimum absolute atomic E-state index is 0.273.